The second-order valence-electron chi connectivity index (χ2n) is 6.49. The summed E-state index contributed by atoms with van der Waals surface area (Å²) in [6.45, 7) is 4.18. The van der Waals surface area contributed by atoms with E-state index in [-0.39, 0.29) is 11.9 Å². The van der Waals surface area contributed by atoms with Crippen molar-refractivity contribution in [3.05, 3.63) is 52.2 Å². The molecule has 134 valence electrons. The molecule has 0 bridgehead atoms. The number of benzene rings is 1. The van der Waals surface area contributed by atoms with E-state index in [0.29, 0.717) is 12.1 Å². The highest BCUT2D eigenvalue weighted by atomic mass is 32.1. The van der Waals surface area contributed by atoms with Gasteiger partial charge in [-0.2, -0.15) is 0 Å². The molecule has 0 saturated carbocycles. The number of nitrogens with one attached hydrogen (secondary N) is 2. The number of hydrogen-bond acceptors (Lipinski definition) is 4. The van der Waals surface area contributed by atoms with Gasteiger partial charge >= 0.3 is 0 Å². The Bertz CT molecular complexity index is 664. The van der Waals surface area contributed by atoms with E-state index in [4.69, 9.17) is 4.74 Å². The molecule has 2 aromatic rings. The van der Waals surface area contributed by atoms with E-state index in [2.05, 4.69) is 22.8 Å². The van der Waals surface area contributed by atoms with Crippen molar-refractivity contribution in [1.29, 1.82) is 0 Å². The lowest BCUT2D eigenvalue weighted by molar-refractivity contribution is -0.937. The monoisotopic (exact) mass is 360 g/mol. The summed E-state index contributed by atoms with van der Waals surface area (Å²) in [7, 11) is 3.98. The van der Waals surface area contributed by atoms with Crippen LogP contribution in [0.2, 0.25) is 0 Å². The van der Waals surface area contributed by atoms with Gasteiger partial charge in [-0.3, -0.25) is 4.79 Å². The summed E-state index contributed by atoms with van der Waals surface area (Å²) < 4.78 is 5.48. The van der Waals surface area contributed by atoms with E-state index in [1.165, 1.54) is 9.78 Å². The maximum atomic E-state index is 12.5. The Hall–Kier alpha value is -1.89. The molecule has 25 heavy (non-hydrogen) atoms. The van der Waals surface area contributed by atoms with E-state index in [1.54, 1.807) is 11.3 Å². The standard InChI is InChI=1S/C19H25N3O2S/c1-21(2)16-7-5-15(6-8-16)19(23)20-14-17(18-4-3-13-25-18)22-9-11-24-12-10-22/h3-8,13,17H,9-12,14H2,1-2H3,(H,20,23)/p+1/t17-/m1/s1. The van der Waals surface area contributed by atoms with Crippen LogP contribution in [0.1, 0.15) is 21.3 Å². The number of anilines is 1. The van der Waals surface area contributed by atoms with Crippen LogP contribution in [0.25, 0.3) is 0 Å². The molecule has 1 aromatic carbocycles. The lowest BCUT2D eigenvalue weighted by Crippen LogP contribution is -3.15. The van der Waals surface area contributed by atoms with Crippen molar-refractivity contribution >= 4 is 22.9 Å². The van der Waals surface area contributed by atoms with Crippen LogP contribution in [0.4, 0.5) is 5.69 Å². The zero-order chi connectivity index (χ0) is 17.6. The van der Waals surface area contributed by atoms with Gasteiger partial charge in [0.25, 0.3) is 5.91 Å². The summed E-state index contributed by atoms with van der Waals surface area (Å²) in [5, 5.41) is 5.23. The molecule has 1 saturated heterocycles. The number of morpholine rings is 1. The Morgan fingerprint density at radius 1 is 1.24 bits per heavy atom. The number of nitrogens with zero attached hydrogens (tertiary/aromatic N) is 1. The molecule has 0 unspecified atom stereocenters. The third-order valence-electron chi connectivity index (χ3n) is 4.63. The van der Waals surface area contributed by atoms with Gasteiger partial charge in [-0.05, 0) is 35.7 Å². The van der Waals surface area contributed by atoms with Crippen molar-refractivity contribution in [2.75, 3.05) is 51.8 Å². The van der Waals surface area contributed by atoms with Gasteiger partial charge in [0.2, 0.25) is 0 Å². The molecule has 1 amide bonds. The molecule has 5 nitrogen and oxygen atoms in total. The summed E-state index contributed by atoms with van der Waals surface area (Å²) in [5.41, 5.74) is 1.79. The van der Waals surface area contributed by atoms with Gasteiger partial charge in [-0.15, -0.1) is 11.3 Å². The van der Waals surface area contributed by atoms with Crippen molar-refractivity contribution in [3.63, 3.8) is 0 Å². The molecule has 1 aliphatic rings. The fourth-order valence-electron chi connectivity index (χ4n) is 3.13. The van der Waals surface area contributed by atoms with E-state index in [0.717, 1.165) is 32.0 Å². The third kappa shape index (κ3) is 4.60. The van der Waals surface area contributed by atoms with Gasteiger partial charge in [0.05, 0.1) is 24.6 Å². The van der Waals surface area contributed by atoms with Crippen LogP contribution in [-0.4, -0.2) is 52.9 Å². The number of quaternary nitrogens is 1. The zero-order valence-electron chi connectivity index (χ0n) is 14.8. The zero-order valence-corrected chi connectivity index (χ0v) is 15.6. The number of carbonyl (C=O) groups is 1. The number of ether oxygens (including phenoxy) is 1. The summed E-state index contributed by atoms with van der Waals surface area (Å²) >= 11 is 1.76. The van der Waals surface area contributed by atoms with Crippen LogP contribution in [0.5, 0.6) is 0 Å². The second-order valence-corrected chi connectivity index (χ2v) is 7.47. The van der Waals surface area contributed by atoms with Crippen LogP contribution in [0.3, 0.4) is 0 Å². The Morgan fingerprint density at radius 2 is 1.96 bits per heavy atom. The van der Waals surface area contributed by atoms with Crippen molar-refractivity contribution in [1.82, 2.24) is 5.32 Å². The summed E-state index contributed by atoms with van der Waals surface area (Å²) in [5.74, 6) is -0.0143. The molecule has 0 spiro atoms. The maximum absolute atomic E-state index is 12.5. The van der Waals surface area contributed by atoms with Gasteiger partial charge in [-0.1, -0.05) is 6.07 Å². The quantitative estimate of drug-likeness (QED) is 0.814. The molecule has 1 atom stereocenters. The average Bonchev–Trinajstić information content (AvgIpc) is 3.17. The smallest absolute Gasteiger partial charge is 0.251 e. The number of thiophene rings is 1. The SMILES string of the molecule is CN(C)c1ccc(C(=O)NC[C@H](c2cccs2)[NH+]2CCOCC2)cc1. The van der Waals surface area contributed by atoms with Gasteiger partial charge in [0.1, 0.15) is 19.1 Å². The predicted molar refractivity (Wildman–Crippen MR) is 102 cm³/mol. The van der Waals surface area contributed by atoms with Crippen molar-refractivity contribution < 1.29 is 14.4 Å². The Kier molecular flexibility index (Phi) is 6.07. The molecule has 2 N–H and O–H groups in total. The summed E-state index contributed by atoms with van der Waals surface area (Å²) in [4.78, 5) is 17.4. The van der Waals surface area contributed by atoms with Crippen LogP contribution < -0.4 is 15.1 Å². The highest BCUT2D eigenvalue weighted by Crippen LogP contribution is 2.17. The molecular weight excluding hydrogens is 334 g/mol. The molecule has 3 rings (SSSR count). The highest BCUT2D eigenvalue weighted by Gasteiger charge is 2.27. The second kappa shape index (κ2) is 8.47. The minimum absolute atomic E-state index is 0.0143. The first-order valence-corrected chi connectivity index (χ1v) is 9.54. The minimum atomic E-state index is -0.0143. The Morgan fingerprint density at radius 3 is 2.56 bits per heavy atom. The van der Waals surface area contributed by atoms with Crippen LogP contribution in [0, 0.1) is 0 Å². The molecule has 2 heterocycles. The molecule has 0 radical (unpaired) electrons. The first-order chi connectivity index (χ1) is 12.1. The Labute approximate surface area is 153 Å². The summed E-state index contributed by atoms with van der Waals surface area (Å²) in [6.07, 6.45) is 0. The molecule has 1 aliphatic heterocycles. The first-order valence-electron chi connectivity index (χ1n) is 8.66. The van der Waals surface area contributed by atoms with Crippen molar-refractivity contribution in [2.24, 2.45) is 0 Å². The Balaban J connectivity index is 1.64. The lowest BCUT2D eigenvalue weighted by Gasteiger charge is -2.31. The topological polar surface area (TPSA) is 46.0 Å². The number of carbonyl (C=O) groups excluding carboxylic acids is 1. The van der Waals surface area contributed by atoms with Crippen LogP contribution >= 0.6 is 11.3 Å². The van der Waals surface area contributed by atoms with Gasteiger partial charge < -0.3 is 19.9 Å². The average molecular weight is 361 g/mol. The minimum Gasteiger partial charge on any atom is -0.378 e. The largest absolute Gasteiger partial charge is 0.378 e. The molecule has 0 aliphatic carbocycles. The van der Waals surface area contributed by atoms with Crippen molar-refractivity contribution in [3.8, 4) is 0 Å². The number of hydrogen-bond donors (Lipinski definition) is 2. The van der Waals surface area contributed by atoms with Gasteiger partial charge in [0.15, 0.2) is 0 Å². The van der Waals surface area contributed by atoms with E-state index < -0.39 is 0 Å². The van der Waals surface area contributed by atoms with Gasteiger partial charge in [-0.25, -0.2) is 0 Å². The molecule has 6 heteroatoms. The number of amides is 1. The molecule has 1 fully saturated rings. The predicted octanol–water partition coefficient (Wildman–Crippen LogP) is 1.20. The van der Waals surface area contributed by atoms with E-state index in [1.807, 2.05) is 43.3 Å². The fourth-order valence-corrected chi connectivity index (χ4v) is 4.01. The first kappa shape index (κ1) is 17.9. The van der Waals surface area contributed by atoms with Gasteiger partial charge in [0, 0.05) is 25.3 Å². The van der Waals surface area contributed by atoms with E-state index in [9.17, 15) is 4.79 Å². The fraction of sp³-hybridized carbons (Fsp3) is 0.421. The lowest BCUT2D eigenvalue weighted by atomic mass is 10.1. The van der Waals surface area contributed by atoms with Crippen LogP contribution in [-0.2, 0) is 4.74 Å². The van der Waals surface area contributed by atoms with Crippen molar-refractivity contribution in [2.45, 2.75) is 6.04 Å². The molecule has 1 aromatic heterocycles. The molecular formula is C19H26N3O2S+. The highest BCUT2D eigenvalue weighted by molar-refractivity contribution is 7.10. The third-order valence-corrected chi connectivity index (χ3v) is 5.61. The summed E-state index contributed by atoms with van der Waals surface area (Å²) in [6, 6.07) is 12.2. The normalized spacial score (nSPS) is 16.4. The van der Waals surface area contributed by atoms with E-state index >= 15 is 0 Å². The maximum Gasteiger partial charge on any atom is 0.251 e. The number of rotatable bonds is 6. The van der Waals surface area contributed by atoms with Crippen LogP contribution in [0.15, 0.2) is 41.8 Å².